The highest BCUT2D eigenvalue weighted by Crippen LogP contribution is 2.24. The lowest BCUT2D eigenvalue weighted by Crippen LogP contribution is -2.40. The molecule has 0 atom stereocenters. The Morgan fingerprint density at radius 2 is 1.64 bits per heavy atom. The van der Waals surface area contributed by atoms with Crippen LogP contribution < -0.4 is 5.32 Å². The lowest BCUT2D eigenvalue weighted by Gasteiger charge is -2.26. The third kappa shape index (κ3) is 5.41. The summed E-state index contributed by atoms with van der Waals surface area (Å²) in [6.07, 6.45) is 0. The summed E-state index contributed by atoms with van der Waals surface area (Å²) in [5, 5.41) is 2.53. The average molecular weight is 500 g/mol. The molecule has 0 saturated carbocycles. The third-order valence-electron chi connectivity index (χ3n) is 5.24. The number of halogens is 1. The molecule has 9 nitrogen and oxygen atoms in total. The number of benzene rings is 2. The van der Waals surface area contributed by atoms with E-state index in [1.807, 2.05) is 0 Å². The van der Waals surface area contributed by atoms with Gasteiger partial charge in [0.25, 0.3) is 5.91 Å². The summed E-state index contributed by atoms with van der Waals surface area (Å²) in [6, 6.07) is 8.69. The van der Waals surface area contributed by atoms with E-state index in [0.29, 0.717) is 13.1 Å². The van der Waals surface area contributed by atoms with Gasteiger partial charge in [-0.25, -0.2) is 21.2 Å². The fourth-order valence-corrected chi connectivity index (χ4v) is 6.36. The number of nitrogens with zero attached hydrogens (tertiary/aromatic N) is 2. The van der Waals surface area contributed by atoms with E-state index in [4.69, 9.17) is 4.74 Å². The topological polar surface area (TPSA) is 113 Å². The number of morpholine rings is 1. The van der Waals surface area contributed by atoms with Crippen molar-refractivity contribution in [3.63, 3.8) is 0 Å². The Kier molecular flexibility index (Phi) is 7.85. The Hall–Kier alpha value is -2.38. The van der Waals surface area contributed by atoms with E-state index in [0.717, 1.165) is 16.4 Å². The smallest absolute Gasteiger partial charge is 0.255 e. The van der Waals surface area contributed by atoms with Crippen LogP contribution in [0.25, 0.3) is 0 Å². The van der Waals surface area contributed by atoms with E-state index in [2.05, 4.69) is 5.32 Å². The zero-order chi connectivity index (χ0) is 24.2. The fraction of sp³-hybridized carbons (Fsp3) is 0.381. The van der Waals surface area contributed by atoms with E-state index in [9.17, 15) is 26.0 Å². The molecular weight excluding hydrogens is 473 g/mol. The van der Waals surface area contributed by atoms with Gasteiger partial charge in [0, 0.05) is 37.4 Å². The standard InChI is InChI=1S/C21H26FN3O6S2/c1-3-24(4-2)32(27,28)18-8-5-16(6-9-18)21(26)23-17-7-10-19(22)20(15-17)33(29,30)25-11-13-31-14-12-25/h5-10,15H,3-4,11-14H2,1-2H3,(H,23,26). The highest BCUT2D eigenvalue weighted by atomic mass is 32.2. The highest BCUT2D eigenvalue weighted by Gasteiger charge is 2.29. The van der Waals surface area contributed by atoms with Gasteiger partial charge < -0.3 is 10.1 Å². The molecule has 1 N–H and O–H groups in total. The van der Waals surface area contributed by atoms with Crippen LogP contribution in [0.15, 0.2) is 52.3 Å². The van der Waals surface area contributed by atoms with Crippen LogP contribution >= 0.6 is 0 Å². The molecule has 2 aromatic carbocycles. The van der Waals surface area contributed by atoms with Gasteiger partial charge >= 0.3 is 0 Å². The summed E-state index contributed by atoms with van der Waals surface area (Å²) in [6.45, 7) is 4.78. The minimum Gasteiger partial charge on any atom is -0.379 e. The van der Waals surface area contributed by atoms with Crippen molar-refractivity contribution < 1.29 is 30.8 Å². The zero-order valence-electron chi connectivity index (χ0n) is 18.3. The summed E-state index contributed by atoms with van der Waals surface area (Å²) in [7, 11) is -7.76. The van der Waals surface area contributed by atoms with Crippen LogP contribution in [0.4, 0.5) is 10.1 Å². The monoisotopic (exact) mass is 499 g/mol. The van der Waals surface area contributed by atoms with Crippen molar-refractivity contribution in [1.29, 1.82) is 0 Å². The fourth-order valence-electron chi connectivity index (χ4n) is 3.40. The predicted octanol–water partition coefficient (Wildman–Crippen LogP) is 2.13. The molecule has 0 aliphatic carbocycles. The lowest BCUT2D eigenvalue weighted by atomic mass is 10.2. The van der Waals surface area contributed by atoms with Gasteiger partial charge in [0.15, 0.2) is 0 Å². The molecule has 0 radical (unpaired) electrons. The minimum atomic E-state index is -4.10. The molecule has 0 aromatic heterocycles. The number of carbonyl (C=O) groups is 1. The summed E-state index contributed by atoms with van der Waals surface area (Å²) in [4.78, 5) is 12.1. The molecule has 1 heterocycles. The molecular formula is C21H26FN3O6S2. The molecule has 33 heavy (non-hydrogen) atoms. The zero-order valence-corrected chi connectivity index (χ0v) is 20.0. The summed E-state index contributed by atoms with van der Waals surface area (Å²) in [5.41, 5.74) is 0.253. The van der Waals surface area contributed by atoms with Gasteiger partial charge in [-0.2, -0.15) is 8.61 Å². The quantitative estimate of drug-likeness (QED) is 0.595. The predicted molar refractivity (Wildman–Crippen MR) is 120 cm³/mol. The molecule has 1 saturated heterocycles. The maximum absolute atomic E-state index is 14.3. The molecule has 0 spiro atoms. The van der Waals surface area contributed by atoms with E-state index >= 15 is 0 Å². The lowest BCUT2D eigenvalue weighted by molar-refractivity contribution is 0.0729. The van der Waals surface area contributed by atoms with E-state index < -0.39 is 36.7 Å². The van der Waals surface area contributed by atoms with Gasteiger partial charge in [0.2, 0.25) is 20.0 Å². The Balaban J connectivity index is 1.80. The van der Waals surface area contributed by atoms with Crippen molar-refractivity contribution in [3.8, 4) is 0 Å². The van der Waals surface area contributed by atoms with Crippen LogP contribution in [-0.4, -0.2) is 70.7 Å². The molecule has 1 fully saturated rings. The minimum absolute atomic E-state index is 0.0587. The summed E-state index contributed by atoms with van der Waals surface area (Å²) < 4.78 is 72.7. The van der Waals surface area contributed by atoms with Crippen LogP contribution in [0.2, 0.25) is 0 Å². The average Bonchev–Trinajstić information content (AvgIpc) is 2.81. The first-order valence-electron chi connectivity index (χ1n) is 10.4. The third-order valence-corrected chi connectivity index (χ3v) is 9.21. The van der Waals surface area contributed by atoms with E-state index in [-0.39, 0.29) is 42.4 Å². The van der Waals surface area contributed by atoms with Crippen LogP contribution in [0, 0.1) is 5.82 Å². The Labute approximate surface area is 193 Å². The van der Waals surface area contributed by atoms with Gasteiger partial charge in [-0.3, -0.25) is 4.79 Å². The van der Waals surface area contributed by atoms with Crippen molar-refractivity contribution in [2.75, 3.05) is 44.7 Å². The molecule has 1 amide bonds. The summed E-state index contributed by atoms with van der Waals surface area (Å²) in [5.74, 6) is -1.52. The number of sulfonamides is 2. The van der Waals surface area contributed by atoms with E-state index in [1.54, 1.807) is 13.8 Å². The van der Waals surface area contributed by atoms with Crippen molar-refractivity contribution in [1.82, 2.24) is 8.61 Å². The number of nitrogens with one attached hydrogen (secondary N) is 1. The first kappa shape index (κ1) is 25.2. The molecule has 180 valence electrons. The Bertz CT molecular complexity index is 1210. The number of ether oxygens (including phenoxy) is 1. The van der Waals surface area contributed by atoms with Crippen LogP contribution in [0.5, 0.6) is 0 Å². The van der Waals surface area contributed by atoms with Crippen LogP contribution in [0.3, 0.4) is 0 Å². The highest BCUT2D eigenvalue weighted by molar-refractivity contribution is 7.89. The number of carbonyl (C=O) groups excluding carboxylic acids is 1. The van der Waals surface area contributed by atoms with Crippen LogP contribution in [-0.2, 0) is 24.8 Å². The molecule has 1 aliphatic heterocycles. The number of anilines is 1. The number of hydrogen-bond donors (Lipinski definition) is 1. The molecule has 1 aliphatic rings. The van der Waals surface area contributed by atoms with E-state index in [1.165, 1.54) is 34.6 Å². The second kappa shape index (κ2) is 10.3. The van der Waals surface area contributed by atoms with Gasteiger partial charge in [-0.15, -0.1) is 0 Å². The molecule has 3 rings (SSSR count). The van der Waals surface area contributed by atoms with Crippen molar-refractivity contribution in [2.24, 2.45) is 0 Å². The SMILES string of the molecule is CCN(CC)S(=O)(=O)c1ccc(C(=O)Nc2ccc(F)c(S(=O)(=O)N3CCOCC3)c2)cc1. The molecule has 0 unspecified atom stereocenters. The Morgan fingerprint density at radius 3 is 2.21 bits per heavy atom. The normalized spacial score (nSPS) is 15.5. The molecule has 12 heteroatoms. The summed E-state index contributed by atoms with van der Waals surface area (Å²) >= 11 is 0. The van der Waals surface area contributed by atoms with Gasteiger partial charge in [-0.1, -0.05) is 13.8 Å². The van der Waals surface area contributed by atoms with Gasteiger partial charge in [0.05, 0.1) is 18.1 Å². The van der Waals surface area contributed by atoms with Crippen molar-refractivity contribution in [3.05, 3.63) is 53.8 Å². The largest absolute Gasteiger partial charge is 0.379 e. The number of hydrogen-bond acceptors (Lipinski definition) is 6. The first-order chi connectivity index (χ1) is 15.6. The molecule has 2 aromatic rings. The van der Waals surface area contributed by atoms with Gasteiger partial charge in [-0.05, 0) is 42.5 Å². The Morgan fingerprint density at radius 1 is 1.03 bits per heavy atom. The second-order valence-corrected chi connectivity index (χ2v) is 11.1. The number of amides is 1. The first-order valence-corrected chi connectivity index (χ1v) is 13.3. The second-order valence-electron chi connectivity index (χ2n) is 7.23. The molecule has 0 bridgehead atoms. The van der Waals surface area contributed by atoms with Crippen molar-refractivity contribution >= 4 is 31.6 Å². The maximum atomic E-state index is 14.3. The number of rotatable bonds is 8. The maximum Gasteiger partial charge on any atom is 0.255 e. The van der Waals surface area contributed by atoms with Crippen LogP contribution in [0.1, 0.15) is 24.2 Å². The van der Waals surface area contributed by atoms with Gasteiger partial charge in [0.1, 0.15) is 10.7 Å². The van der Waals surface area contributed by atoms with Crippen molar-refractivity contribution in [2.45, 2.75) is 23.6 Å².